The monoisotopic (exact) mass is 520 g/mol. The molecule has 8 nitrogen and oxygen atoms in total. The van der Waals surface area contributed by atoms with E-state index in [1.54, 1.807) is 29.1 Å². The van der Waals surface area contributed by atoms with E-state index in [0.29, 0.717) is 29.6 Å². The molecule has 0 atom stereocenters. The lowest BCUT2D eigenvalue weighted by Crippen LogP contribution is -2.48. The molecule has 3 aromatic rings. The van der Waals surface area contributed by atoms with Crippen LogP contribution < -0.4 is 4.74 Å². The lowest BCUT2D eigenvalue weighted by atomic mass is 10.2. The van der Waals surface area contributed by atoms with E-state index < -0.39 is 0 Å². The Kier molecular flexibility index (Phi) is 7.17. The largest absolute Gasteiger partial charge is 0.470 e. The Morgan fingerprint density at radius 1 is 1.16 bits per heavy atom. The summed E-state index contributed by atoms with van der Waals surface area (Å²) in [7, 11) is 0. The van der Waals surface area contributed by atoms with Gasteiger partial charge in [-0.3, -0.25) is 14.4 Å². The maximum atomic E-state index is 12.9. The van der Waals surface area contributed by atoms with Crippen molar-refractivity contribution in [1.29, 1.82) is 0 Å². The van der Waals surface area contributed by atoms with Gasteiger partial charge in [0.1, 0.15) is 5.75 Å². The van der Waals surface area contributed by atoms with E-state index in [1.165, 1.54) is 5.56 Å². The fourth-order valence-corrected chi connectivity index (χ4v) is 4.39. The van der Waals surface area contributed by atoms with E-state index in [-0.39, 0.29) is 12.6 Å². The summed E-state index contributed by atoms with van der Waals surface area (Å²) in [4.78, 5) is 17.1. The molecule has 0 radical (unpaired) electrons. The van der Waals surface area contributed by atoms with Crippen molar-refractivity contribution in [2.75, 3.05) is 26.2 Å². The number of ether oxygens (including phenoxy) is 1. The Morgan fingerprint density at radius 2 is 1.94 bits per heavy atom. The minimum Gasteiger partial charge on any atom is -0.470 e. The molecule has 3 heterocycles. The highest BCUT2D eigenvalue weighted by atomic mass is 79.9. The highest BCUT2D eigenvalue weighted by Crippen LogP contribution is 2.27. The molecule has 170 valence electrons. The van der Waals surface area contributed by atoms with Crippen LogP contribution in [0.3, 0.4) is 0 Å². The summed E-state index contributed by atoms with van der Waals surface area (Å²) in [6, 6.07) is 7.14. The van der Waals surface area contributed by atoms with Crippen LogP contribution in [0.2, 0.25) is 5.02 Å². The van der Waals surface area contributed by atoms with Gasteiger partial charge in [0.05, 0.1) is 10.7 Å². The molecular weight excluding hydrogens is 496 g/mol. The predicted octanol–water partition coefficient (Wildman–Crippen LogP) is 3.82. The van der Waals surface area contributed by atoms with Crippen LogP contribution in [0.1, 0.15) is 28.7 Å². The third kappa shape index (κ3) is 5.33. The van der Waals surface area contributed by atoms with Crippen molar-refractivity contribution in [3.05, 3.63) is 63.1 Å². The first-order valence-electron chi connectivity index (χ1n) is 10.6. The van der Waals surface area contributed by atoms with Gasteiger partial charge in [-0.1, -0.05) is 27.5 Å². The summed E-state index contributed by atoms with van der Waals surface area (Å²) in [5.41, 5.74) is 2.74. The summed E-state index contributed by atoms with van der Waals surface area (Å²) < 4.78 is 10.2. The van der Waals surface area contributed by atoms with Gasteiger partial charge in [0, 0.05) is 61.7 Å². The SMILES string of the molecule is CCn1cc(CN2CCN(C(=O)c3ccn(COc4ccc(Br)cc4Cl)n3)CC2)c(C)n1. The zero-order chi connectivity index (χ0) is 22.7. The van der Waals surface area contributed by atoms with E-state index in [0.717, 1.165) is 36.3 Å². The van der Waals surface area contributed by atoms with Crippen molar-refractivity contribution in [2.45, 2.75) is 33.7 Å². The number of rotatable bonds is 7. The van der Waals surface area contributed by atoms with Gasteiger partial charge in [-0.25, -0.2) is 4.68 Å². The molecule has 1 aliphatic heterocycles. The lowest BCUT2D eigenvalue weighted by Gasteiger charge is -2.34. The Morgan fingerprint density at radius 3 is 2.62 bits per heavy atom. The first-order valence-corrected chi connectivity index (χ1v) is 11.8. The molecule has 0 bridgehead atoms. The van der Waals surface area contributed by atoms with E-state index >= 15 is 0 Å². The standard InChI is InChI=1S/C22H26BrClN6O2/c1-3-29-14-17(16(2)25-29)13-27-8-10-28(11-9-27)22(31)20-6-7-30(26-20)15-32-21-5-4-18(23)12-19(21)24/h4-7,12,14H,3,8-11,13,15H2,1-2H3. The highest BCUT2D eigenvalue weighted by molar-refractivity contribution is 9.10. The third-order valence-electron chi connectivity index (χ3n) is 5.53. The first-order chi connectivity index (χ1) is 15.4. The predicted molar refractivity (Wildman–Crippen MR) is 126 cm³/mol. The van der Waals surface area contributed by atoms with Crippen molar-refractivity contribution in [2.24, 2.45) is 0 Å². The Bertz CT molecular complexity index is 1090. The number of hydrogen-bond acceptors (Lipinski definition) is 5. The summed E-state index contributed by atoms with van der Waals surface area (Å²) in [6.07, 6.45) is 3.85. The maximum Gasteiger partial charge on any atom is 0.274 e. The number of piperazine rings is 1. The van der Waals surface area contributed by atoms with E-state index in [9.17, 15) is 4.79 Å². The van der Waals surface area contributed by atoms with Crippen LogP contribution in [-0.4, -0.2) is 61.4 Å². The Hall–Kier alpha value is -2.36. The normalized spacial score (nSPS) is 14.7. The zero-order valence-corrected chi connectivity index (χ0v) is 20.5. The van der Waals surface area contributed by atoms with E-state index in [1.807, 2.05) is 22.6 Å². The Balaban J connectivity index is 1.29. The van der Waals surface area contributed by atoms with Crippen LogP contribution in [0.25, 0.3) is 0 Å². The molecule has 0 spiro atoms. The van der Waals surface area contributed by atoms with Crippen molar-refractivity contribution in [1.82, 2.24) is 29.4 Å². The molecule has 0 aliphatic carbocycles. The first kappa shape index (κ1) is 22.8. The number of aromatic nitrogens is 4. The number of halogens is 2. The number of carbonyl (C=O) groups is 1. The number of carbonyl (C=O) groups excluding carboxylic acids is 1. The smallest absolute Gasteiger partial charge is 0.274 e. The molecule has 1 aromatic carbocycles. The third-order valence-corrected chi connectivity index (χ3v) is 6.32. The fourth-order valence-electron chi connectivity index (χ4n) is 3.66. The van der Waals surface area contributed by atoms with Crippen LogP contribution in [0.5, 0.6) is 5.75 Å². The van der Waals surface area contributed by atoms with Crippen molar-refractivity contribution < 1.29 is 9.53 Å². The van der Waals surface area contributed by atoms with Gasteiger partial charge in [0.15, 0.2) is 12.4 Å². The summed E-state index contributed by atoms with van der Waals surface area (Å²) in [5, 5.41) is 9.41. The highest BCUT2D eigenvalue weighted by Gasteiger charge is 2.24. The van der Waals surface area contributed by atoms with E-state index in [2.05, 4.69) is 44.1 Å². The second-order valence-electron chi connectivity index (χ2n) is 7.75. The van der Waals surface area contributed by atoms with Gasteiger partial charge < -0.3 is 9.64 Å². The topological polar surface area (TPSA) is 68.4 Å². The molecule has 2 aromatic heterocycles. The van der Waals surface area contributed by atoms with E-state index in [4.69, 9.17) is 16.3 Å². The molecule has 1 amide bonds. The van der Waals surface area contributed by atoms with Gasteiger partial charge in [-0.2, -0.15) is 10.2 Å². The maximum absolute atomic E-state index is 12.9. The van der Waals surface area contributed by atoms with Crippen LogP contribution in [0.15, 0.2) is 41.1 Å². The molecule has 0 saturated carbocycles. The molecule has 1 fully saturated rings. The number of nitrogens with zero attached hydrogens (tertiary/aromatic N) is 6. The van der Waals surface area contributed by atoms with Gasteiger partial charge in [-0.15, -0.1) is 0 Å². The van der Waals surface area contributed by atoms with Gasteiger partial charge in [0.25, 0.3) is 5.91 Å². The number of aryl methyl sites for hydroxylation is 2. The molecule has 0 unspecified atom stereocenters. The quantitative estimate of drug-likeness (QED) is 0.473. The number of amides is 1. The lowest BCUT2D eigenvalue weighted by molar-refractivity contribution is 0.0620. The molecule has 1 saturated heterocycles. The summed E-state index contributed by atoms with van der Waals surface area (Å²) in [6.45, 7) is 9.05. The van der Waals surface area contributed by atoms with Gasteiger partial charge in [-0.05, 0) is 38.1 Å². The fraction of sp³-hybridized carbons (Fsp3) is 0.409. The number of hydrogen-bond donors (Lipinski definition) is 0. The van der Waals surface area contributed by atoms with Crippen LogP contribution in [0.4, 0.5) is 0 Å². The van der Waals surface area contributed by atoms with Crippen LogP contribution >= 0.6 is 27.5 Å². The van der Waals surface area contributed by atoms with Gasteiger partial charge >= 0.3 is 0 Å². The average Bonchev–Trinajstić information content (AvgIpc) is 3.40. The summed E-state index contributed by atoms with van der Waals surface area (Å²) >= 11 is 9.55. The summed E-state index contributed by atoms with van der Waals surface area (Å²) in [5.74, 6) is 0.508. The minimum atomic E-state index is -0.0555. The van der Waals surface area contributed by atoms with Crippen molar-refractivity contribution >= 4 is 33.4 Å². The number of benzene rings is 1. The van der Waals surface area contributed by atoms with Crippen LogP contribution in [0, 0.1) is 6.92 Å². The van der Waals surface area contributed by atoms with Crippen molar-refractivity contribution in [3.63, 3.8) is 0 Å². The molecule has 1 aliphatic rings. The average molecular weight is 522 g/mol. The Labute approximate surface area is 200 Å². The molecule has 32 heavy (non-hydrogen) atoms. The minimum absolute atomic E-state index is 0.0555. The molecule has 4 rings (SSSR count). The zero-order valence-electron chi connectivity index (χ0n) is 18.2. The van der Waals surface area contributed by atoms with Crippen LogP contribution in [-0.2, 0) is 19.8 Å². The molecule has 10 heteroatoms. The molecule has 0 N–H and O–H groups in total. The second-order valence-corrected chi connectivity index (χ2v) is 9.08. The van der Waals surface area contributed by atoms with Gasteiger partial charge in [0.2, 0.25) is 0 Å². The second kappa shape index (κ2) is 10.1. The molecular formula is C22H26BrClN6O2. The van der Waals surface area contributed by atoms with Crippen molar-refractivity contribution in [3.8, 4) is 5.75 Å².